The van der Waals surface area contributed by atoms with Crippen LogP contribution in [-0.4, -0.2) is 12.5 Å². The molecule has 0 N–H and O–H groups in total. The molecule has 0 saturated heterocycles. The quantitative estimate of drug-likeness (QED) is 0.789. The molecule has 3 nitrogen and oxygen atoms in total. The molecule has 1 aliphatic rings. The third kappa shape index (κ3) is 2.10. The number of benzene rings is 1. The molecule has 4 heteroatoms. The van der Waals surface area contributed by atoms with Crippen molar-refractivity contribution in [2.24, 2.45) is 0 Å². The van der Waals surface area contributed by atoms with Crippen LogP contribution in [0.1, 0.15) is 35.2 Å². The molecule has 1 aromatic heterocycles. The topological polar surface area (TPSA) is 33.5 Å². The van der Waals surface area contributed by atoms with Gasteiger partial charge in [0.25, 0.3) is 5.91 Å². The Labute approximate surface area is 120 Å². The van der Waals surface area contributed by atoms with Crippen molar-refractivity contribution in [3.05, 3.63) is 52.4 Å². The predicted octanol–water partition coefficient (Wildman–Crippen LogP) is 4.20. The van der Waals surface area contributed by atoms with Crippen molar-refractivity contribution < 1.29 is 9.21 Å². The Bertz CT molecular complexity index is 620. The third-order valence-electron chi connectivity index (χ3n) is 3.64. The summed E-state index contributed by atoms with van der Waals surface area (Å²) in [4.78, 5) is 14.4. The molecular weight excluding hydrogens is 306 g/mol. The highest BCUT2D eigenvalue weighted by Gasteiger charge is 2.28. The van der Waals surface area contributed by atoms with Crippen LogP contribution in [0.15, 0.2) is 45.7 Å². The van der Waals surface area contributed by atoms with Crippen molar-refractivity contribution in [1.29, 1.82) is 0 Å². The summed E-state index contributed by atoms with van der Waals surface area (Å²) in [7, 11) is 0. The first-order chi connectivity index (χ1) is 9.18. The Hall–Kier alpha value is -1.55. The second kappa shape index (κ2) is 4.85. The van der Waals surface area contributed by atoms with Crippen LogP contribution in [0.5, 0.6) is 0 Å². The summed E-state index contributed by atoms with van der Waals surface area (Å²) >= 11 is 3.27. The highest BCUT2D eigenvalue weighted by atomic mass is 79.9. The number of amides is 1. The van der Waals surface area contributed by atoms with E-state index in [1.807, 2.05) is 23.1 Å². The van der Waals surface area contributed by atoms with Crippen molar-refractivity contribution >= 4 is 27.5 Å². The van der Waals surface area contributed by atoms with Gasteiger partial charge in [0.2, 0.25) is 0 Å². The second-order valence-corrected chi connectivity index (χ2v) is 5.53. The third-order valence-corrected chi connectivity index (χ3v) is 4.25. The van der Waals surface area contributed by atoms with E-state index < -0.39 is 0 Å². The molecule has 3 rings (SSSR count). The van der Waals surface area contributed by atoms with Crippen molar-refractivity contribution in [2.75, 3.05) is 11.4 Å². The number of carbonyl (C=O) groups excluding carboxylic acids is 1. The average Bonchev–Trinajstić information content (AvgIpc) is 2.85. The van der Waals surface area contributed by atoms with Gasteiger partial charge in [-0.15, -0.1) is 0 Å². The molecule has 1 aliphatic heterocycles. The fourth-order valence-corrected chi connectivity index (χ4v) is 2.96. The summed E-state index contributed by atoms with van der Waals surface area (Å²) in [6.07, 6.45) is 2.51. The van der Waals surface area contributed by atoms with Crippen LogP contribution in [0, 0.1) is 0 Å². The van der Waals surface area contributed by atoms with Gasteiger partial charge in [0.15, 0.2) is 4.67 Å². The van der Waals surface area contributed by atoms with Crippen LogP contribution >= 0.6 is 15.9 Å². The minimum absolute atomic E-state index is 0.0139. The van der Waals surface area contributed by atoms with Crippen LogP contribution in [0.4, 0.5) is 5.69 Å². The monoisotopic (exact) mass is 319 g/mol. The van der Waals surface area contributed by atoms with Gasteiger partial charge < -0.3 is 9.32 Å². The molecule has 0 aliphatic carbocycles. The van der Waals surface area contributed by atoms with Crippen molar-refractivity contribution in [3.63, 3.8) is 0 Å². The lowest BCUT2D eigenvalue weighted by Crippen LogP contribution is -2.36. The minimum Gasteiger partial charge on any atom is -0.457 e. The van der Waals surface area contributed by atoms with E-state index in [9.17, 15) is 4.79 Å². The zero-order valence-electron chi connectivity index (χ0n) is 10.6. The van der Waals surface area contributed by atoms with E-state index >= 15 is 0 Å². The zero-order valence-corrected chi connectivity index (χ0v) is 12.2. The van der Waals surface area contributed by atoms with E-state index in [-0.39, 0.29) is 5.91 Å². The molecule has 0 radical (unpaired) electrons. The number of carbonyl (C=O) groups is 1. The first-order valence-electron chi connectivity index (χ1n) is 6.32. The van der Waals surface area contributed by atoms with E-state index in [1.165, 1.54) is 11.8 Å². The number of hydrogen-bond donors (Lipinski definition) is 0. The largest absolute Gasteiger partial charge is 0.457 e. The van der Waals surface area contributed by atoms with E-state index in [4.69, 9.17) is 4.42 Å². The molecule has 0 spiro atoms. The number of halogens is 1. The van der Waals surface area contributed by atoms with Gasteiger partial charge in [0.05, 0.1) is 11.8 Å². The molecule has 2 aromatic rings. The number of nitrogens with zero attached hydrogens (tertiary/aromatic N) is 1. The van der Waals surface area contributed by atoms with Crippen LogP contribution in [-0.2, 0) is 0 Å². The van der Waals surface area contributed by atoms with Gasteiger partial charge in [0.1, 0.15) is 0 Å². The van der Waals surface area contributed by atoms with Crippen LogP contribution < -0.4 is 4.90 Å². The fourth-order valence-electron chi connectivity index (χ4n) is 2.55. The minimum atomic E-state index is -0.0139. The summed E-state index contributed by atoms with van der Waals surface area (Å²) in [5, 5.41) is 0. The summed E-state index contributed by atoms with van der Waals surface area (Å²) in [6.45, 7) is 2.95. The number of hydrogen-bond acceptors (Lipinski definition) is 2. The maximum Gasteiger partial charge on any atom is 0.262 e. The van der Waals surface area contributed by atoms with Crippen LogP contribution in [0.2, 0.25) is 0 Å². The molecule has 0 fully saturated rings. The van der Waals surface area contributed by atoms with Crippen molar-refractivity contribution in [1.82, 2.24) is 0 Å². The highest BCUT2D eigenvalue weighted by Crippen LogP contribution is 2.36. The zero-order chi connectivity index (χ0) is 13.4. The average molecular weight is 320 g/mol. The second-order valence-electron chi connectivity index (χ2n) is 4.81. The van der Waals surface area contributed by atoms with Crippen molar-refractivity contribution in [2.45, 2.75) is 19.3 Å². The first-order valence-corrected chi connectivity index (χ1v) is 7.11. The molecule has 19 heavy (non-hydrogen) atoms. The summed E-state index contributed by atoms with van der Waals surface area (Å²) < 4.78 is 5.65. The highest BCUT2D eigenvalue weighted by molar-refractivity contribution is 9.10. The molecular formula is C15H14BrNO2. The van der Waals surface area contributed by atoms with Crippen molar-refractivity contribution in [3.8, 4) is 0 Å². The Morgan fingerprint density at radius 1 is 1.37 bits per heavy atom. The summed E-state index contributed by atoms with van der Waals surface area (Å²) in [5.74, 6) is 0.480. The lowest BCUT2D eigenvalue weighted by molar-refractivity contribution is 0.0982. The molecule has 98 valence electrons. The van der Waals surface area contributed by atoms with Gasteiger partial charge in [-0.3, -0.25) is 4.79 Å². The van der Waals surface area contributed by atoms with Gasteiger partial charge in [-0.05, 0) is 46.0 Å². The molecule has 0 saturated carbocycles. The number of anilines is 1. The van der Waals surface area contributed by atoms with Gasteiger partial charge in [-0.25, -0.2) is 0 Å². The smallest absolute Gasteiger partial charge is 0.262 e. The Kier molecular flexibility index (Phi) is 3.19. The molecule has 1 atom stereocenters. The first kappa shape index (κ1) is 12.5. The normalized spacial score (nSPS) is 18.2. The molecule has 1 amide bonds. The van der Waals surface area contributed by atoms with E-state index in [0.29, 0.717) is 16.2 Å². The molecule has 0 bridgehead atoms. The summed E-state index contributed by atoms with van der Waals surface area (Å²) in [5.41, 5.74) is 2.82. The fraction of sp³-hybridized carbons (Fsp3) is 0.267. The number of rotatable bonds is 1. The molecule has 2 heterocycles. The Balaban J connectivity index is 2.01. The number of furan rings is 1. The van der Waals surface area contributed by atoms with Gasteiger partial charge >= 0.3 is 0 Å². The SMILES string of the molecule is CC1CCN(C(=O)c2ccoc2Br)c2ccccc21. The number of fused-ring (bicyclic) bond motifs is 1. The molecule has 1 unspecified atom stereocenters. The maximum atomic E-state index is 12.6. The lowest BCUT2D eigenvalue weighted by Gasteiger charge is -2.32. The number of para-hydroxylation sites is 1. The standard InChI is InChI=1S/C15H14BrNO2/c1-10-6-8-17(13-5-3-2-4-11(10)13)15(18)12-7-9-19-14(12)16/h2-5,7,9-10H,6,8H2,1H3. The van der Waals surface area contributed by atoms with E-state index in [1.54, 1.807) is 6.07 Å². The maximum absolute atomic E-state index is 12.6. The van der Waals surface area contributed by atoms with Gasteiger partial charge in [0, 0.05) is 12.2 Å². The van der Waals surface area contributed by atoms with E-state index in [0.717, 1.165) is 18.7 Å². The summed E-state index contributed by atoms with van der Waals surface area (Å²) in [6, 6.07) is 9.81. The Morgan fingerprint density at radius 3 is 2.89 bits per heavy atom. The molecule has 1 aromatic carbocycles. The van der Waals surface area contributed by atoms with Crippen LogP contribution in [0.3, 0.4) is 0 Å². The predicted molar refractivity (Wildman–Crippen MR) is 77.6 cm³/mol. The van der Waals surface area contributed by atoms with Crippen LogP contribution in [0.25, 0.3) is 0 Å². The Morgan fingerprint density at radius 2 is 2.16 bits per heavy atom. The van der Waals surface area contributed by atoms with Gasteiger partial charge in [-0.2, -0.15) is 0 Å². The van der Waals surface area contributed by atoms with E-state index in [2.05, 4.69) is 28.9 Å². The lowest BCUT2D eigenvalue weighted by atomic mass is 9.91. The van der Waals surface area contributed by atoms with Gasteiger partial charge in [-0.1, -0.05) is 25.1 Å².